The average Bonchev–Trinajstić information content (AvgIpc) is 2.46. The quantitative estimate of drug-likeness (QED) is 0.855. The molecule has 0 heterocycles. The molecule has 0 aromatic heterocycles. The zero-order valence-corrected chi connectivity index (χ0v) is 13.1. The third-order valence-electron chi connectivity index (χ3n) is 4.29. The molecule has 3 nitrogen and oxygen atoms in total. The molecule has 1 aliphatic rings. The van der Waals surface area contributed by atoms with Gasteiger partial charge in [-0.25, -0.2) is 4.79 Å². The fourth-order valence-electron chi connectivity index (χ4n) is 2.98. The first-order valence-electron chi connectivity index (χ1n) is 7.20. The molecule has 0 bridgehead atoms. The van der Waals surface area contributed by atoms with E-state index in [1.165, 1.54) is 32.1 Å². The number of hydrogen-bond acceptors (Lipinski definition) is 3. The van der Waals surface area contributed by atoms with E-state index in [2.05, 4.69) is 11.6 Å². The molecule has 2 rings (SSSR count). The van der Waals surface area contributed by atoms with Gasteiger partial charge >= 0.3 is 5.97 Å². The molecule has 20 heavy (non-hydrogen) atoms. The first-order chi connectivity index (χ1) is 9.58. The van der Waals surface area contributed by atoms with Crippen LogP contribution in [0, 0.1) is 6.92 Å². The zero-order valence-electron chi connectivity index (χ0n) is 12.2. The Hall–Kier alpha value is -1.16. The summed E-state index contributed by atoms with van der Waals surface area (Å²) in [4.78, 5) is 11.3. The number of thioether (sulfide) groups is 1. The second-order valence-corrected chi connectivity index (χ2v) is 6.88. The van der Waals surface area contributed by atoms with Crippen molar-refractivity contribution in [3.05, 3.63) is 29.3 Å². The Labute approximate surface area is 125 Å². The van der Waals surface area contributed by atoms with E-state index in [0.29, 0.717) is 5.56 Å². The normalized spacial score (nSPS) is 17.7. The van der Waals surface area contributed by atoms with E-state index in [4.69, 9.17) is 0 Å². The predicted octanol–water partition coefficient (Wildman–Crippen LogP) is 4.17. The predicted molar refractivity (Wildman–Crippen MR) is 86.0 cm³/mol. The number of rotatable bonds is 5. The van der Waals surface area contributed by atoms with Crippen LogP contribution in [0.1, 0.15) is 48.0 Å². The van der Waals surface area contributed by atoms with Crippen molar-refractivity contribution in [3.8, 4) is 0 Å². The lowest BCUT2D eigenvalue weighted by Crippen LogP contribution is -2.36. The lowest BCUT2D eigenvalue weighted by Gasteiger charge is -2.36. The molecular formula is C16H23NO2S. The molecule has 0 unspecified atom stereocenters. The summed E-state index contributed by atoms with van der Waals surface area (Å²) in [6, 6.07) is 5.43. The molecule has 0 saturated heterocycles. The summed E-state index contributed by atoms with van der Waals surface area (Å²) in [6.45, 7) is 2.81. The van der Waals surface area contributed by atoms with Crippen LogP contribution in [0.2, 0.25) is 0 Å². The minimum Gasteiger partial charge on any atom is -0.478 e. The van der Waals surface area contributed by atoms with Crippen LogP contribution < -0.4 is 5.32 Å². The highest BCUT2D eigenvalue weighted by atomic mass is 32.2. The summed E-state index contributed by atoms with van der Waals surface area (Å²) in [6.07, 6.45) is 8.49. The molecular weight excluding hydrogens is 270 g/mol. The lowest BCUT2D eigenvalue weighted by molar-refractivity contribution is 0.0698. The van der Waals surface area contributed by atoms with Crippen LogP contribution in [-0.2, 0) is 0 Å². The van der Waals surface area contributed by atoms with Crippen molar-refractivity contribution in [1.29, 1.82) is 0 Å². The van der Waals surface area contributed by atoms with Crippen LogP contribution in [0.3, 0.4) is 0 Å². The molecule has 1 saturated carbocycles. The van der Waals surface area contributed by atoms with Gasteiger partial charge in [0.25, 0.3) is 0 Å². The highest BCUT2D eigenvalue weighted by Gasteiger charge is 2.31. The minimum atomic E-state index is -0.863. The van der Waals surface area contributed by atoms with Crippen molar-refractivity contribution in [3.63, 3.8) is 0 Å². The number of carboxylic acids is 1. The topological polar surface area (TPSA) is 49.3 Å². The van der Waals surface area contributed by atoms with Crippen LogP contribution in [-0.4, -0.2) is 28.6 Å². The third kappa shape index (κ3) is 3.29. The molecule has 0 atom stereocenters. The number of carboxylic acid groups (broad SMARTS) is 1. The SMILES string of the molecule is CSC1(CNc2c(C)cccc2C(=O)O)CCCCC1. The van der Waals surface area contributed by atoms with Crippen LogP contribution >= 0.6 is 11.8 Å². The van der Waals surface area contributed by atoms with E-state index in [1.54, 1.807) is 12.1 Å². The smallest absolute Gasteiger partial charge is 0.337 e. The summed E-state index contributed by atoms with van der Waals surface area (Å²) >= 11 is 1.92. The van der Waals surface area contributed by atoms with Crippen LogP contribution in [0.4, 0.5) is 5.69 Å². The lowest BCUT2D eigenvalue weighted by atomic mass is 9.88. The standard InChI is InChI=1S/C16H23NO2S/c1-12-7-6-8-13(15(18)19)14(12)17-11-16(20-2)9-4-3-5-10-16/h6-8,17H,3-5,9-11H2,1-2H3,(H,18,19). The minimum absolute atomic E-state index is 0.260. The van der Waals surface area contributed by atoms with Crippen molar-refractivity contribution in [2.24, 2.45) is 0 Å². The molecule has 4 heteroatoms. The number of nitrogens with one attached hydrogen (secondary N) is 1. The number of carbonyl (C=O) groups is 1. The molecule has 1 fully saturated rings. The molecule has 110 valence electrons. The Morgan fingerprint density at radius 1 is 1.35 bits per heavy atom. The molecule has 0 spiro atoms. The Morgan fingerprint density at radius 3 is 2.65 bits per heavy atom. The summed E-state index contributed by atoms with van der Waals surface area (Å²) < 4.78 is 0.260. The number of anilines is 1. The Balaban J connectivity index is 2.15. The number of hydrogen-bond donors (Lipinski definition) is 2. The summed E-state index contributed by atoms with van der Waals surface area (Å²) in [5.41, 5.74) is 2.15. The van der Waals surface area contributed by atoms with E-state index >= 15 is 0 Å². The molecule has 0 radical (unpaired) electrons. The number of aromatic carboxylic acids is 1. The molecule has 2 N–H and O–H groups in total. The van der Waals surface area contributed by atoms with Gasteiger partial charge in [-0.15, -0.1) is 0 Å². The van der Waals surface area contributed by atoms with Crippen LogP contribution in [0.15, 0.2) is 18.2 Å². The fourth-order valence-corrected chi connectivity index (χ4v) is 3.89. The number of aryl methyl sites for hydroxylation is 1. The Kier molecular flexibility index (Phi) is 4.97. The van der Waals surface area contributed by atoms with E-state index in [1.807, 2.05) is 24.8 Å². The molecule has 1 aromatic rings. The summed E-state index contributed by atoms with van der Waals surface area (Å²) in [5, 5.41) is 12.7. The molecule has 0 amide bonds. The monoisotopic (exact) mass is 293 g/mol. The van der Waals surface area contributed by atoms with Crippen molar-refractivity contribution in [2.75, 3.05) is 18.1 Å². The molecule has 1 aliphatic carbocycles. The first kappa shape index (κ1) is 15.2. The van der Waals surface area contributed by atoms with Crippen molar-refractivity contribution < 1.29 is 9.90 Å². The van der Waals surface area contributed by atoms with E-state index < -0.39 is 5.97 Å². The maximum absolute atomic E-state index is 11.3. The third-order valence-corrected chi connectivity index (χ3v) is 5.71. The molecule has 0 aliphatic heterocycles. The van der Waals surface area contributed by atoms with Gasteiger partial charge in [0.1, 0.15) is 0 Å². The van der Waals surface area contributed by atoms with Gasteiger partial charge in [-0.3, -0.25) is 0 Å². The maximum atomic E-state index is 11.3. The van der Waals surface area contributed by atoms with Crippen molar-refractivity contribution in [2.45, 2.75) is 43.8 Å². The highest BCUT2D eigenvalue weighted by molar-refractivity contribution is 8.00. The van der Waals surface area contributed by atoms with Crippen molar-refractivity contribution in [1.82, 2.24) is 0 Å². The Bertz CT molecular complexity index is 481. The zero-order chi connectivity index (χ0) is 14.6. The van der Waals surface area contributed by atoms with Gasteiger partial charge in [-0.05, 0) is 37.7 Å². The summed E-state index contributed by atoms with van der Waals surface area (Å²) in [5.74, 6) is -0.863. The van der Waals surface area contributed by atoms with Gasteiger partial charge in [0.2, 0.25) is 0 Å². The van der Waals surface area contributed by atoms with E-state index in [9.17, 15) is 9.90 Å². The highest BCUT2D eigenvalue weighted by Crippen LogP contribution is 2.39. The van der Waals surface area contributed by atoms with E-state index in [-0.39, 0.29) is 4.75 Å². The van der Waals surface area contributed by atoms with E-state index in [0.717, 1.165) is 17.8 Å². The first-order valence-corrected chi connectivity index (χ1v) is 8.42. The van der Waals surface area contributed by atoms with Gasteiger partial charge in [-0.2, -0.15) is 11.8 Å². The average molecular weight is 293 g/mol. The largest absolute Gasteiger partial charge is 0.478 e. The van der Waals surface area contributed by atoms with Gasteiger partial charge in [0, 0.05) is 11.3 Å². The van der Waals surface area contributed by atoms with Gasteiger partial charge in [0.05, 0.1) is 11.3 Å². The summed E-state index contributed by atoms with van der Waals surface area (Å²) in [7, 11) is 0. The number of benzene rings is 1. The maximum Gasteiger partial charge on any atom is 0.337 e. The number of para-hydroxylation sites is 1. The molecule has 1 aromatic carbocycles. The van der Waals surface area contributed by atoms with Gasteiger partial charge in [0.15, 0.2) is 0 Å². The van der Waals surface area contributed by atoms with Crippen LogP contribution in [0.25, 0.3) is 0 Å². The second kappa shape index (κ2) is 6.53. The van der Waals surface area contributed by atoms with Crippen molar-refractivity contribution >= 4 is 23.4 Å². The van der Waals surface area contributed by atoms with Crippen LogP contribution in [0.5, 0.6) is 0 Å². The second-order valence-electron chi connectivity index (χ2n) is 5.60. The Morgan fingerprint density at radius 2 is 2.05 bits per heavy atom. The fraction of sp³-hybridized carbons (Fsp3) is 0.562. The van der Waals surface area contributed by atoms with Gasteiger partial charge in [-0.1, -0.05) is 31.4 Å². The van der Waals surface area contributed by atoms with Gasteiger partial charge < -0.3 is 10.4 Å².